The van der Waals surface area contributed by atoms with Gasteiger partial charge in [-0.3, -0.25) is 9.59 Å². The van der Waals surface area contributed by atoms with E-state index in [1.807, 2.05) is 91.8 Å². The number of esters is 1. The lowest BCUT2D eigenvalue weighted by atomic mass is 9.91. The number of allylic oxidation sites excluding steroid dienone is 5. The number of ether oxygens (including phenoxy) is 1. The first-order chi connectivity index (χ1) is 17.9. The van der Waals surface area contributed by atoms with Crippen molar-refractivity contribution in [1.82, 2.24) is 5.32 Å². The van der Waals surface area contributed by atoms with Gasteiger partial charge in [-0.2, -0.15) is 0 Å². The van der Waals surface area contributed by atoms with Gasteiger partial charge in [0.05, 0.1) is 12.5 Å². The van der Waals surface area contributed by atoms with Crippen LogP contribution in [0.25, 0.3) is 0 Å². The molecule has 1 amide bonds. The molecule has 1 aliphatic rings. The number of anilines is 1. The van der Waals surface area contributed by atoms with Crippen molar-refractivity contribution >= 4 is 23.3 Å². The van der Waals surface area contributed by atoms with Gasteiger partial charge in [0.2, 0.25) is 5.91 Å². The Morgan fingerprint density at radius 1 is 1.05 bits per heavy atom. The zero-order valence-corrected chi connectivity index (χ0v) is 21.6. The topological polar surface area (TPSA) is 75.7 Å². The van der Waals surface area contributed by atoms with Crippen LogP contribution in [0.1, 0.15) is 30.4 Å². The van der Waals surface area contributed by atoms with Gasteiger partial charge in [-0.15, -0.1) is 0 Å². The van der Waals surface area contributed by atoms with Crippen LogP contribution < -0.4 is 10.2 Å². The second kappa shape index (κ2) is 13.8. The summed E-state index contributed by atoms with van der Waals surface area (Å²) in [6.45, 7) is 2.06. The third kappa shape index (κ3) is 8.17. The van der Waals surface area contributed by atoms with Gasteiger partial charge in [-0.1, -0.05) is 78.9 Å². The molecule has 2 aromatic carbocycles. The maximum absolute atomic E-state index is 13.4. The van der Waals surface area contributed by atoms with Gasteiger partial charge in [0.25, 0.3) is 0 Å². The molecule has 2 atom stereocenters. The Morgan fingerprint density at radius 3 is 2.46 bits per heavy atom. The SMILES string of the molecule is CCOC(=O)C=CC=CC[C@H](C(=O)NC1C=CC=C(Cc2ccccc2)C1=O)c1ccc(N(C)C)cc1. The molecule has 6 heteroatoms. The maximum Gasteiger partial charge on any atom is 0.330 e. The van der Waals surface area contributed by atoms with Crippen molar-refractivity contribution < 1.29 is 19.1 Å². The summed E-state index contributed by atoms with van der Waals surface area (Å²) in [5.74, 6) is -1.26. The highest BCUT2D eigenvalue weighted by atomic mass is 16.5. The fourth-order valence-electron chi connectivity index (χ4n) is 4.00. The second-order valence-electron chi connectivity index (χ2n) is 8.90. The number of Topliss-reactive ketones (excluding diaryl/α,β-unsaturated/α-hetero) is 1. The summed E-state index contributed by atoms with van der Waals surface area (Å²) in [7, 11) is 3.92. The van der Waals surface area contributed by atoms with Crippen molar-refractivity contribution in [3.05, 3.63) is 114 Å². The van der Waals surface area contributed by atoms with Gasteiger partial charge in [-0.25, -0.2) is 4.79 Å². The summed E-state index contributed by atoms with van der Waals surface area (Å²) in [5, 5.41) is 2.94. The van der Waals surface area contributed by atoms with Crippen molar-refractivity contribution in [2.45, 2.75) is 31.7 Å². The van der Waals surface area contributed by atoms with E-state index in [1.165, 1.54) is 6.08 Å². The van der Waals surface area contributed by atoms with Crippen LogP contribution in [0.5, 0.6) is 0 Å². The summed E-state index contributed by atoms with van der Waals surface area (Å²) in [5.41, 5.74) is 3.57. The molecule has 1 aliphatic carbocycles. The first kappa shape index (κ1) is 27.4. The molecular weight excluding hydrogens is 464 g/mol. The van der Waals surface area contributed by atoms with E-state index in [-0.39, 0.29) is 11.7 Å². The molecule has 0 bridgehead atoms. The minimum atomic E-state index is -0.715. The molecule has 0 aliphatic heterocycles. The van der Waals surface area contributed by atoms with Crippen LogP contribution in [0.2, 0.25) is 0 Å². The zero-order valence-electron chi connectivity index (χ0n) is 21.6. The number of rotatable bonds is 11. The van der Waals surface area contributed by atoms with Crippen LogP contribution in [-0.2, 0) is 25.5 Å². The number of amides is 1. The van der Waals surface area contributed by atoms with Crippen molar-refractivity contribution in [2.75, 3.05) is 25.6 Å². The van der Waals surface area contributed by atoms with Gasteiger partial charge in [0.15, 0.2) is 5.78 Å². The van der Waals surface area contributed by atoms with E-state index in [1.54, 1.807) is 25.2 Å². The Bertz CT molecular complexity index is 1190. The molecule has 0 aromatic heterocycles. The largest absolute Gasteiger partial charge is 0.463 e. The predicted molar refractivity (Wildman–Crippen MR) is 147 cm³/mol. The number of carbonyl (C=O) groups is 3. The summed E-state index contributed by atoms with van der Waals surface area (Å²) in [6, 6.07) is 16.9. The Balaban J connectivity index is 1.73. The van der Waals surface area contributed by atoms with Crippen LogP contribution in [-0.4, -0.2) is 44.4 Å². The second-order valence-corrected chi connectivity index (χ2v) is 8.90. The molecule has 192 valence electrons. The number of nitrogens with zero attached hydrogens (tertiary/aromatic N) is 1. The van der Waals surface area contributed by atoms with Crippen LogP contribution in [0.15, 0.2) is 103 Å². The third-order valence-corrected chi connectivity index (χ3v) is 6.00. The van der Waals surface area contributed by atoms with Crippen LogP contribution in [0.3, 0.4) is 0 Å². The Morgan fingerprint density at radius 2 is 1.78 bits per heavy atom. The molecule has 3 rings (SSSR count). The van der Waals surface area contributed by atoms with Crippen LogP contribution in [0, 0.1) is 0 Å². The van der Waals surface area contributed by atoms with Crippen LogP contribution >= 0.6 is 0 Å². The quantitative estimate of drug-likeness (QED) is 0.276. The number of hydrogen-bond acceptors (Lipinski definition) is 5. The molecule has 37 heavy (non-hydrogen) atoms. The van der Waals surface area contributed by atoms with E-state index in [0.717, 1.165) is 16.8 Å². The van der Waals surface area contributed by atoms with Gasteiger partial charge < -0.3 is 15.0 Å². The first-order valence-corrected chi connectivity index (χ1v) is 12.4. The highest BCUT2D eigenvalue weighted by Crippen LogP contribution is 2.24. The molecule has 0 saturated heterocycles. The number of benzene rings is 2. The monoisotopic (exact) mass is 498 g/mol. The summed E-state index contributed by atoms with van der Waals surface area (Å²) in [6.07, 6.45) is 12.8. The fourth-order valence-corrected chi connectivity index (χ4v) is 4.00. The van der Waals surface area contributed by atoms with E-state index >= 15 is 0 Å². The molecule has 0 radical (unpaired) electrons. The standard InChI is InChI=1S/C31H34N2O4/c1-4-37-29(34)17-10-6-9-15-27(24-18-20-26(21-19-24)33(2)3)31(36)32-28-16-11-14-25(30(28)35)22-23-12-7-5-8-13-23/h5-14,16-21,27-28H,4,15,22H2,1-3H3,(H,32,36)/t27-,28?/m0/s1. The number of nitrogens with one attached hydrogen (secondary N) is 1. The van der Waals surface area contributed by atoms with Crippen molar-refractivity contribution in [3.63, 3.8) is 0 Å². The molecule has 0 heterocycles. The molecule has 0 saturated carbocycles. The minimum Gasteiger partial charge on any atom is -0.463 e. The van der Waals surface area contributed by atoms with Crippen molar-refractivity contribution in [2.24, 2.45) is 0 Å². The average molecular weight is 499 g/mol. The number of hydrogen-bond donors (Lipinski definition) is 1. The minimum absolute atomic E-state index is 0.102. The summed E-state index contributed by atoms with van der Waals surface area (Å²) >= 11 is 0. The summed E-state index contributed by atoms with van der Waals surface area (Å²) < 4.78 is 4.88. The third-order valence-electron chi connectivity index (χ3n) is 6.00. The fraction of sp³-hybridized carbons (Fsp3) is 0.258. The van der Waals surface area contributed by atoms with Gasteiger partial charge in [0, 0.05) is 37.9 Å². The molecule has 1 N–H and O–H groups in total. The molecule has 0 spiro atoms. The number of carbonyl (C=O) groups excluding carboxylic acids is 3. The summed E-state index contributed by atoms with van der Waals surface area (Å²) in [4.78, 5) is 40.1. The smallest absolute Gasteiger partial charge is 0.330 e. The lowest BCUT2D eigenvalue weighted by Gasteiger charge is -2.23. The van der Waals surface area contributed by atoms with E-state index < -0.39 is 17.9 Å². The van der Waals surface area contributed by atoms with E-state index in [4.69, 9.17) is 4.74 Å². The molecule has 2 aromatic rings. The molecule has 1 unspecified atom stereocenters. The maximum atomic E-state index is 13.4. The molecular formula is C31H34N2O4. The van der Waals surface area contributed by atoms with E-state index in [2.05, 4.69) is 5.32 Å². The molecule has 6 nitrogen and oxygen atoms in total. The predicted octanol–water partition coefficient (Wildman–Crippen LogP) is 4.69. The Labute approximate surface area is 219 Å². The van der Waals surface area contributed by atoms with E-state index in [9.17, 15) is 14.4 Å². The molecule has 0 fully saturated rings. The zero-order chi connectivity index (χ0) is 26.6. The highest BCUT2D eigenvalue weighted by molar-refractivity contribution is 6.04. The normalized spacial score (nSPS) is 16.0. The van der Waals surface area contributed by atoms with Gasteiger partial charge >= 0.3 is 5.97 Å². The van der Waals surface area contributed by atoms with Crippen molar-refractivity contribution in [3.8, 4) is 0 Å². The lowest BCUT2D eigenvalue weighted by molar-refractivity contribution is -0.137. The highest BCUT2D eigenvalue weighted by Gasteiger charge is 2.27. The Hall–Kier alpha value is -4.19. The van der Waals surface area contributed by atoms with Crippen LogP contribution in [0.4, 0.5) is 5.69 Å². The van der Waals surface area contributed by atoms with Crippen molar-refractivity contribution in [1.29, 1.82) is 0 Å². The number of ketones is 1. The van der Waals surface area contributed by atoms with Gasteiger partial charge in [0.1, 0.15) is 6.04 Å². The first-order valence-electron chi connectivity index (χ1n) is 12.4. The average Bonchev–Trinajstić information content (AvgIpc) is 2.89. The van der Waals surface area contributed by atoms with Gasteiger partial charge in [-0.05, 0) is 36.6 Å². The Kier molecular flexibility index (Phi) is 10.2. The van der Waals surface area contributed by atoms with E-state index in [0.29, 0.717) is 25.0 Å². The lowest BCUT2D eigenvalue weighted by Crippen LogP contribution is -2.43.